The van der Waals surface area contributed by atoms with Gasteiger partial charge in [0.05, 0.1) is 23.8 Å². The van der Waals surface area contributed by atoms with Crippen LogP contribution in [0.1, 0.15) is 60.2 Å². The van der Waals surface area contributed by atoms with Gasteiger partial charge in [-0.3, -0.25) is 9.59 Å². The molecule has 12 heteroatoms. The number of amides is 1. The summed E-state index contributed by atoms with van der Waals surface area (Å²) in [4.78, 5) is 33.7. The molecule has 1 amide bonds. The van der Waals surface area contributed by atoms with Crippen LogP contribution in [0.15, 0.2) is 23.1 Å². The summed E-state index contributed by atoms with van der Waals surface area (Å²) in [6.07, 6.45) is -0.214. The smallest absolute Gasteiger partial charge is 0.351 e. The Hall–Kier alpha value is -2.99. The molecule has 0 bridgehead atoms. The number of anilines is 1. The van der Waals surface area contributed by atoms with Gasteiger partial charge in [-0.1, -0.05) is 6.07 Å². The third-order valence-corrected chi connectivity index (χ3v) is 7.91. The molecule has 3 saturated heterocycles. The topological polar surface area (TPSA) is 116 Å². The van der Waals surface area contributed by atoms with Crippen molar-refractivity contribution in [1.29, 1.82) is 0 Å². The molecule has 0 saturated carbocycles. The number of fused-ring (bicyclic) bond motifs is 2. The van der Waals surface area contributed by atoms with Crippen LogP contribution in [-0.2, 0) is 17.4 Å². The third-order valence-electron chi connectivity index (χ3n) is 7.91. The van der Waals surface area contributed by atoms with Gasteiger partial charge in [-0.2, -0.15) is 18.3 Å². The number of likely N-dealkylation sites (tertiary alicyclic amines) is 1. The molecule has 3 N–H and O–H groups in total. The van der Waals surface area contributed by atoms with Crippen molar-refractivity contribution < 1.29 is 18.0 Å². The minimum absolute atomic E-state index is 0.0430. The maximum absolute atomic E-state index is 13.3. The predicted octanol–water partition coefficient (Wildman–Crippen LogP) is 1.67. The fourth-order valence-electron chi connectivity index (χ4n) is 6.11. The first-order chi connectivity index (χ1) is 17.3. The molecular weight excluding hydrogens is 475 g/mol. The van der Waals surface area contributed by atoms with Gasteiger partial charge in [-0.15, -0.1) is 0 Å². The summed E-state index contributed by atoms with van der Waals surface area (Å²) in [6.45, 7) is 2.88. The molecule has 4 unspecified atom stereocenters. The van der Waals surface area contributed by atoms with E-state index in [1.807, 2.05) is 16.2 Å². The third kappa shape index (κ3) is 4.15. The van der Waals surface area contributed by atoms with E-state index >= 15 is 0 Å². The normalized spacial score (nSPS) is 26.9. The summed E-state index contributed by atoms with van der Waals surface area (Å²) in [6, 6.07) is 4.59. The second kappa shape index (κ2) is 8.84. The lowest BCUT2D eigenvalue weighted by Gasteiger charge is -2.26. The van der Waals surface area contributed by atoms with Crippen LogP contribution in [0.5, 0.6) is 0 Å². The molecule has 6 rings (SSSR count). The first-order valence-corrected chi connectivity index (χ1v) is 12.5. The van der Waals surface area contributed by atoms with Crippen molar-refractivity contribution in [3.63, 3.8) is 0 Å². The standard InChI is InChI=1S/C24H28F3N7O2/c25-24(26,27)21-14-2-3-15(22(14)31-32-23(21)36)28-8-5-20(35)34-10-7-17-18(34)6-9-33(17)19-4-1-13(11-30-19)16-12-29-16/h1,4,11,15-18,28-29H,2-3,5-10,12H2,(H,32,36). The van der Waals surface area contributed by atoms with Gasteiger partial charge in [-0.25, -0.2) is 10.1 Å². The van der Waals surface area contributed by atoms with E-state index < -0.39 is 23.3 Å². The van der Waals surface area contributed by atoms with Crippen molar-refractivity contribution >= 4 is 11.7 Å². The number of halogens is 3. The molecule has 2 aromatic heterocycles. The van der Waals surface area contributed by atoms with Crippen LogP contribution < -0.4 is 21.1 Å². The second-order valence-corrected chi connectivity index (χ2v) is 9.99. The average molecular weight is 504 g/mol. The molecular formula is C24H28F3N7O2. The van der Waals surface area contributed by atoms with E-state index in [4.69, 9.17) is 0 Å². The van der Waals surface area contributed by atoms with Crippen molar-refractivity contribution in [1.82, 2.24) is 30.7 Å². The highest BCUT2D eigenvalue weighted by Crippen LogP contribution is 2.38. The number of nitrogens with zero attached hydrogens (tertiary/aromatic N) is 4. The maximum atomic E-state index is 13.3. The SMILES string of the molecule is O=C(CCNC1CCc2c1n[nH]c(=O)c2C(F)(F)F)N1CCC2C1CCN2c1ccc(C2CN2)cn1. The summed E-state index contributed by atoms with van der Waals surface area (Å²) in [5.41, 5.74) is -0.990. The number of rotatable bonds is 6. The molecule has 0 radical (unpaired) electrons. The molecule has 4 atom stereocenters. The number of carbonyl (C=O) groups excluding carboxylic acids is 1. The highest BCUT2D eigenvalue weighted by atomic mass is 19.4. The van der Waals surface area contributed by atoms with Crippen molar-refractivity contribution in [2.24, 2.45) is 0 Å². The van der Waals surface area contributed by atoms with E-state index in [1.54, 1.807) is 0 Å². The van der Waals surface area contributed by atoms with E-state index in [1.165, 1.54) is 5.56 Å². The number of alkyl halides is 3. The van der Waals surface area contributed by atoms with Crippen LogP contribution in [0.4, 0.5) is 19.0 Å². The van der Waals surface area contributed by atoms with Crippen molar-refractivity contribution in [3.8, 4) is 0 Å². The molecule has 36 heavy (non-hydrogen) atoms. The average Bonchev–Trinajstić information content (AvgIpc) is 3.28. The first-order valence-electron chi connectivity index (χ1n) is 12.5. The molecule has 9 nitrogen and oxygen atoms in total. The van der Waals surface area contributed by atoms with Crippen LogP contribution in [-0.4, -0.2) is 64.3 Å². The van der Waals surface area contributed by atoms with Crippen molar-refractivity contribution in [2.75, 3.05) is 31.1 Å². The molecule has 5 heterocycles. The molecule has 192 valence electrons. The minimum Gasteiger partial charge on any atom is -0.351 e. The quantitative estimate of drug-likeness (QED) is 0.514. The van der Waals surface area contributed by atoms with Crippen molar-refractivity contribution in [2.45, 2.75) is 62.4 Å². The summed E-state index contributed by atoms with van der Waals surface area (Å²) in [5.74, 6) is 0.995. The van der Waals surface area contributed by atoms with Crippen LogP contribution in [0.3, 0.4) is 0 Å². The number of aromatic amines is 1. The lowest BCUT2D eigenvalue weighted by atomic mass is 10.1. The summed E-state index contributed by atoms with van der Waals surface area (Å²) >= 11 is 0. The van der Waals surface area contributed by atoms with E-state index in [0.717, 1.165) is 31.7 Å². The fraction of sp³-hybridized carbons (Fsp3) is 0.583. The Bertz CT molecular complexity index is 1210. The molecule has 1 aliphatic carbocycles. The Kier molecular flexibility index (Phi) is 5.75. The fourth-order valence-corrected chi connectivity index (χ4v) is 6.11. The van der Waals surface area contributed by atoms with Gasteiger partial charge in [0.15, 0.2) is 0 Å². The number of hydrogen-bond donors (Lipinski definition) is 3. The predicted molar refractivity (Wildman–Crippen MR) is 124 cm³/mol. The molecule has 0 spiro atoms. The van der Waals surface area contributed by atoms with Gasteiger partial charge in [0.2, 0.25) is 5.91 Å². The molecule has 4 aliphatic rings. The van der Waals surface area contributed by atoms with Gasteiger partial charge < -0.3 is 20.4 Å². The Morgan fingerprint density at radius 1 is 1.17 bits per heavy atom. The van der Waals surface area contributed by atoms with Crippen molar-refractivity contribution in [3.05, 3.63) is 51.1 Å². The van der Waals surface area contributed by atoms with Crippen LogP contribution in [0.25, 0.3) is 0 Å². The zero-order chi connectivity index (χ0) is 25.0. The van der Waals surface area contributed by atoms with Gasteiger partial charge in [-0.05, 0) is 42.9 Å². The van der Waals surface area contributed by atoms with Gasteiger partial charge >= 0.3 is 6.18 Å². The first kappa shape index (κ1) is 23.4. The number of aromatic nitrogens is 3. The Labute approximate surface area is 205 Å². The van der Waals surface area contributed by atoms with E-state index in [0.29, 0.717) is 25.6 Å². The number of carbonyl (C=O) groups is 1. The zero-order valence-electron chi connectivity index (χ0n) is 19.6. The largest absolute Gasteiger partial charge is 0.422 e. The number of nitrogens with one attached hydrogen (secondary N) is 3. The molecule has 2 aromatic rings. The van der Waals surface area contributed by atoms with E-state index in [-0.39, 0.29) is 42.1 Å². The minimum atomic E-state index is -4.72. The van der Waals surface area contributed by atoms with Gasteiger partial charge in [0, 0.05) is 44.8 Å². The number of hydrogen-bond acceptors (Lipinski definition) is 7. The van der Waals surface area contributed by atoms with E-state index in [9.17, 15) is 22.8 Å². The Morgan fingerprint density at radius 2 is 1.97 bits per heavy atom. The highest BCUT2D eigenvalue weighted by molar-refractivity contribution is 5.77. The van der Waals surface area contributed by atoms with Gasteiger partial charge in [0.1, 0.15) is 11.4 Å². The van der Waals surface area contributed by atoms with E-state index in [2.05, 4.69) is 37.7 Å². The lowest BCUT2D eigenvalue weighted by Crippen LogP contribution is -2.41. The number of H-pyrrole nitrogens is 1. The zero-order valence-corrected chi connectivity index (χ0v) is 19.6. The molecule has 0 aromatic carbocycles. The van der Waals surface area contributed by atoms with Crippen LogP contribution in [0, 0.1) is 0 Å². The Morgan fingerprint density at radius 3 is 2.69 bits per heavy atom. The monoisotopic (exact) mass is 503 g/mol. The summed E-state index contributed by atoms with van der Waals surface area (Å²) < 4.78 is 40.0. The van der Waals surface area contributed by atoms with Gasteiger partial charge in [0.25, 0.3) is 5.56 Å². The Balaban J connectivity index is 1.05. The van der Waals surface area contributed by atoms with Crippen LogP contribution in [0.2, 0.25) is 0 Å². The summed E-state index contributed by atoms with van der Waals surface area (Å²) in [5, 5.41) is 12.3. The lowest BCUT2D eigenvalue weighted by molar-refractivity contribution is -0.139. The summed E-state index contributed by atoms with van der Waals surface area (Å²) in [7, 11) is 0. The van der Waals surface area contributed by atoms with Crippen LogP contribution >= 0.6 is 0 Å². The second-order valence-electron chi connectivity index (χ2n) is 9.99. The highest BCUT2D eigenvalue weighted by Gasteiger charge is 2.45. The maximum Gasteiger partial charge on any atom is 0.422 e. The molecule has 3 fully saturated rings. The molecule has 3 aliphatic heterocycles. The number of pyridine rings is 1.